The van der Waals surface area contributed by atoms with Gasteiger partial charge in [0.25, 0.3) is 5.24 Å². The quantitative estimate of drug-likeness (QED) is 0.0486. The third-order valence-corrected chi connectivity index (χ3v) is 10.5. The lowest BCUT2D eigenvalue weighted by molar-refractivity contribution is -0.129. The highest BCUT2D eigenvalue weighted by Crippen LogP contribution is 2.47. The predicted octanol–water partition coefficient (Wildman–Crippen LogP) is 10.2. The van der Waals surface area contributed by atoms with E-state index in [0.29, 0.717) is 25.4 Å². The van der Waals surface area contributed by atoms with Gasteiger partial charge in [-0.2, -0.15) is 0 Å². The van der Waals surface area contributed by atoms with E-state index in [1.165, 1.54) is 10.5 Å². The van der Waals surface area contributed by atoms with Crippen molar-refractivity contribution in [2.45, 2.75) is 30.6 Å². The molecule has 0 aliphatic carbocycles. The molecule has 0 radical (unpaired) electrons. The number of carbonyl (C=O) groups is 2. The fourth-order valence-electron chi connectivity index (χ4n) is 6.88. The first-order valence-corrected chi connectivity index (χ1v) is 18.7. The maximum absolute atomic E-state index is 14.4. The monoisotopic (exact) mass is 716 g/mol. The SMILES string of the molecule is CC/C(=N/OCCOc1ccc(CC2SC(=O)N(C(c3ccccc3)(c3ccccc3)c3ccccc3)C2=O)cc1)c1ccc(-c2ccccc2)cc1. The van der Waals surface area contributed by atoms with Crippen LogP contribution in [0.2, 0.25) is 0 Å². The molecule has 0 N–H and O–H groups in total. The number of imide groups is 1. The van der Waals surface area contributed by atoms with Crippen molar-refractivity contribution < 1.29 is 19.2 Å². The van der Waals surface area contributed by atoms with Crippen molar-refractivity contribution in [2.24, 2.45) is 5.16 Å². The highest BCUT2D eigenvalue weighted by molar-refractivity contribution is 8.15. The summed E-state index contributed by atoms with van der Waals surface area (Å²) in [4.78, 5) is 35.5. The Balaban J connectivity index is 0.996. The van der Waals surface area contributed by atoms with Gasteiger partial charge < -0.3 is 9.57 Å². The van der Waals surface area contributed by atoms with Gasteiger partial charge in [-0.15, -0.1) is 0 Å². The summed E-state index contributed by atoms with van der Waals surface area (Å²) >= 11 is 1.09. The molecule has 7 rings (SSSR count). The summed E-state index contributed by atoms with van der Waals surface area (Å²) in [6.07, 6.45) is 1.15. The maximum Gasteiger partial charge on any atom is 0.290 e. The Morgan fingerprint density at radius 3 is 1.68 bits per heavy atom. The van der Waals surface area contributed by atoms with Gasteiger partial charge in [0.2, 0.25) is 5.91 Å². The van der Waals surface area contributed by atoms with Crippen LogP contribution < -0.4 is 4.74 Å². The van der Waals surface area contributed by atoms with E-state index in [1.807, 2.05) is 133 Å². The number of nitrogens with zero attached hydrogens (tertiary/aromatic N) is 2. The molecule has 1 heterocycles. The summed E-state index contributed by atoms with van der Waals surface area (Å²) < 4.78 is 5.94. The van der Waals surface area contributed by atoms with E-state index in [2.05, 4.69) is 48.5 Å². The second kappa shape index (κ2) is 16.6. The van der Waals surface area contributed by atoms with E-state index in [9.17, 15) is 9.59 Å². The first kappa shape index (κ1) is 35.5. The van der Waals surface area contributed by atoms with Gasteiger partial charge >= 0.3 is 0 Å². The third kappa shape index (κ3) is 7.66. The third-order valence-electron chi connectivity index (χ3n) is 9.45. The fourth-order valence-corrected chi connectivity index (χ4v) is 7.94. The molecule has 0 spiro atoms. The number of rotatable bonds is 14. The lowest BCUT2D eigenvalue weighted by Gasteiger charge is -2.42. The molecule has 1 aliphatic heterocycles. The van der Waals surface area contributed by atoms with Gasteiger partial charge in [-0.05, 0) is 63.9 Å². The molecule has 0 saturated carbocycles. The summed E-state index contributed by atoms with van der Waals surface area (Å²) in [5, 5.41) is 3.54. The number of ether oxygens (including phenoxy) is 1. The van der Waals surface area contributed by atoms with Gasteiger partial charge in [-0.3, -0.25) is 14.5 Å². The minimum atomic E-state index is -1.13. The van der Waals surface area contributed by atoms with Gasteiger partial charge in [0.1, 0.15) is 17.9 Å². The van der Waals surface area contributed by atoms with Crippen molar-refractivity contribution in [1.82, 2.24) is 4.90 Å². The van der Waals surface area contributed by atoms with E-state index in [1.54, 1.807) is 0 Å². The summed E-state index contributed by atoms with van der Waals surface area (Å²) in [6.45, 7) is 2.68. The number of hydrogen-bond acceptors (Lipinski definition) is 6. The van der Waals surface area contributed by atoms with Crippen LogP contribution in [0.15, 0.2) is 175 Å². The van der Waals surface area contributed by atoms with Gasteiger partial charge in [0.15, 0.2) is 6.61 Å². The smallest absolute Gasteiger partial charge is 0.290 e. The molecule has 1 fully saturated rings. The van der Waals surface area contributed by atoms with Crippen molar-refractivity contribution in [3.63, 3.8) is 0 Å². The molecule has 1 saturated heterocycles. The minimum Gasteiger partial charge on any atom is -0.490 e. The highest BCUT2D eigenvalue weighted by Gasteiger charge is 2.53. The van der Waals surface area contributed by atoms with Crippen molar-refractivity contribution in [3.05, 3.63) is 198 Å². The fraction of sp³-hybridized carbons (Fsp3) is 0.152. The van der Waals surface area contributed by atoms with Gasteiger partial charge in [-0.25, -0.2) is 0 Å². The Labute approximate surface area is 315 Å². The molecular formula is C46H40N2O4S. The largest absolute Gasteiger partial charge is 0.490 e. The number of carbonyl (C=O) groups excluding carboxylic acids is 2. The molecule has 264 valence electrons. The Morgan fingerprint density at radius 1 is 0.642 bits per heavy atom. The predicted molar refractivity (Wildman–Crippen MR) is 213 cm³/mol. The Bertz CT molecular complexity index is 2040. The van der Waals surface area contributed by atoms with Crippen LogP contribution in [-0.2, 0) is 21.6 Å². The first-order chi connectivity index (χ1) is 26.1. The molecule has 7 heteroatoms. The van der Waals surface area contributed by atoms with E-state index in [4.69, 9.17) is 9.57 Å². The molecule has 2 amide bonds. The topological polar surface area (TPSA) is 68.2 Å². The number of benzene rings is 6. The van der Waals surface area contributed by atoms with Crippen LogP contribution in [0.4, 0.5) is 4.79 Å². The van der Waals surface area contributed by atoms with Gasteiger partial charge in [0.05, 0.1) is 11.0 Å². The Morgan fingerprint density at radius 2 is 1.15 bits per heavy atom. The van der Waals surface area contributed by atoms with Crippen molar-refractivity contribution in [1.29, 1.82) is 0 Å². The van der Waals surface area contributed by atoms with Crippen LogP contribution in [0.25, 0.3) is 11.1 Å². The summed E-state index contributed by atoms with van der Waals surface area (Å²) in [5.74, 6) is 0.473. The molecule has 1 aliphatic rings. The standard InChI is InChI=1S/C46H40N2O4S/c1-2-42(37-27-25-36(26-28-37)35-15-7-3-8-16-35)47-52-32-31-51-41-29-23-34(24-30-41)33-43-44(49)48(45(50)53-43)46(38-17-9-4-10-18-38,39-19-11-5-12-20-39)40-21-13-6-14-22-40/h3-30,43H,2,31-33H2,1H3/b47-42-. The summed E-state index contributed by atoms with van der Waals surface area (Å²) in [5.41, 5.74) is 6.58. The average molecular weight is 717 g/mol. The second-order valence-corrected chi connectivity index (χ2v) is 13.9. The number of hydrogen-bond donors (Lipinski definition) is 0. The molecule has 1 unspecified atom stereocenters. The normalized spacial score (nSPS) is 14.7. The lowest BCUT2D eigenvalue weighted by Crippen LogP contribution is -2.51. The Hall–Kier alpha value is -5.92. The lowest BCUT2D eigenvalue weighted by atomic mass is 9.75. The molecule has 6 aromatic rings. The zero-order valence-electron chi connectivity index (χ0n) is 29.5. The molecular weight excluding hydrogens is 677 g/mol. The van der Waals surface area contributed by atoms with Crippen LogP contribution in [0.3, 0.4) is 0 Å². The molecule has 6 aromatic carbocycles. The Kier molecular flexibility index (Phi) is 11.1. The van der Waals surface area contributed by atoms with Crippen LogP contribution in [0.1, 0.15) is 41.2 Å². The zero-order valence-corrected chi connectivity index (χ0v) is 30.3. The average Bonchev–Trinajstić information content (AvgIpc) is 3.50. The number of oxime groups is 1. The second-order valence-electron chi connectivity index (χ2n) is 12.7. The maximum atomic E-state index is 14.4. The minimum absolute atomic E-state index is 0.215. The highest BCUT2D eigenvalue weighted by atomic mass is 32.2. The molecule has 0 bridgehead atoms. The van der Waals surface area contributed by atoms with Crippen LogP contribution >= 0.6 is 11.8 Å². The van der Waals surface area contributed by atoms with Gasteiger partial charge in [-0.1, -0.05) is 182 Å². The summed E-state index contributed by atoms with van der Waals surface area (Å²) in [6, 6.07) is 55.7. The van der Waals surface area contributed by atoms with E-state index in [0.717, 1.165) is 57.3 Å². The zero-order chi connectivity index (χ0) is 36.5. The number of thioether (sulfide) groups is 1. The first-order valence-electron chi connectivity index (χ1n) is 17.9. The van der Waals surface area contributed by atoms with Crippen LogP contribution in [0.5, 0.6) is 5.75 Å². The van der Waals surface area contributed by atoms with Crippen molar-refractivity contribution >= 4 is 28.6 Å². The van der Waals surface area contributed by atoms with Crippen molar-refractivity contribution in [2.75, 3.05) is 13.2 Å². The molecule has 53 heavy (non-hydrogen) atoms. The summed E-state index contributed by atoms with van der Waals surface area (Å²) in [7, 11) is 0. The molecule has 6 nitrogen and oxygen atoms in total. The van der Waals surface area contributed by atoms with E-state index < -0.39 is 10.8 Å². The van der Waals surface area contributed by atoms with E-state index >= 15 is 0 Å². The van der Waals surface area contributed by atoms with E-state index in [-0.39, 0.29) is 11.1 Å². The number of amides is 2. The molecule has 0 aromatic heterocycles. The van der Waals surface area contributed by atoms with Crippen LogP contribution in [-0.4, -0.2) is 40.2 Å². The molecule has 1 atom stereocenters. The van der Waals surface area contributed by atoms with Gasteiger partial charge in [0, 0.05) is 0 Å². The van der Waals surface area contributed by atoms with Crippen molar-refractivity contribution in [3.8, 4) is 16.9 Å². The van der Waals surface area contributed by atoms with Crippen LogP contribution in [0, 0.1) is 0 Å².